The van der Waals surface area contributed by atoms with Gasteiger partial charge >= 0.3 is 0 Å². The van der Waals surface area contributed by atoms with Crippen molar-refractivity contribution in [3.63, 3.8) is 0 Å². The molecule has 2 heterocycles. The van der Waals surface area contributed by atoms with Crippen molar-refractivity contribution >= 4 is 15.9 Å². The van der Waals surface area contributed by atoms with Crippen LogP contribution in [0.15, 0.2) is 6.33 Å². The fraction of sp³-hybridized carbons (Fsp3) is 0.846. The molecule has 1 unspecified atom stereocenters. The standard InChI is InChI=1S/C13H23BrN4/c1-11(2)18-13(15-10-16-18)9-17-7-3-4-12(8-17)5-6-14/h10-12H,3-9H2,1-2H3. The van der Waals surface area contributed by atoms with Gasteiger partial charge in [-0.1, -0.05) is 15.9 Å². The molecule has 0 radical (unpaired) electrons. The highest BCUT2D eigenvalue weighted by molar-refractivity contribution is 9.09. The Morgan fingerprint density at radius 1 is 1.50 bits per heavy atom. The zero-order valence-corrected chi connectivity index (χ0v) is 12.9. The summed E-state index contributed by atoms with van der Waals surface area (Å²) in [6.45, 7) is 7.65. The van der Waals surface area contributed by atoms with Gasteiger partial charge in [-0.3, -0.25) is 4.90 Å². The SMILES string of the molecule is CC(C)n1ncnc1CN1CCCC(CCBr)C1. The van der Waals surface area contributed by atoms with Gasteiger partial charge in [0.05, 0.1) is 6.54 Å². The summed E-state index contributed by atoms with van der Waals surface area (Å²) in [5.41, 5.74) is 0. The third-order valence-electron chi connectivity index (χ3n) is 3.62. The maximum Gasteiger partial charge on any atom is 0.141 e. The summed E-state index contributed by atoms with van der Waals surface area (Å²) in [6.07, 6.45) is 5.65. The molecule has 4 nitrogen and oxygen atoms in total. The molecule has 102 valence electrons. The number of halogens is 1. The lowest BCUT2D eigenvalue weighted by Gasteiger charge is -2.32. The lowest BCUT2D eigenvalue weighted by Crippen LogP contribution is -2.36. The van der Waals surface area contributed by atoms with Crippen LogP contribution in [0, 0.1) is 5.92 Å². The minimum absolute atomic E-state index is 0.394. The van der Waals surface area contributed by atoms with E-state index in [9.17, 15) is 0 Å². The van der Waals surface area contributed by atoms with Gasteiger partial charge in [-0.2, -0.15) is 5.10 Å². The summed E-state index contributed by atoms with van der Waals surface area (Å²) in [5, 5.41) is 5.43. The van der Waals surface area contributed by atoms with Crippen molar-refractivity contribution in [3.05, 3.63) is 12.2 Å². The van der Waals surface area contributed by atoms with E-state index in [4.69, 9.17) is 0 Å². The van der Waals surface area contributed by atoms with Crippen LogP contribution in [-0.4, -0.2) is 38.1 Å². The molecule has 18 heavy (non-hydrogen) atoms. The van der Waals surface area contributed by atoms with Gasteiger partial charge in [0.1, 0.15) is 12.2 Å². The summed E-state index contributed by atoms with van der Waals surface area (Å²) in [4.78, 5) is 6.93. The van der Waals surface area contributed by atoms with Crippen LogP contribution in [0.2, 0.25) is 0 Å². The van der Waals surface area contributed by atoms with Crippen molar-refractivity contribution in [1.82, 2.24) is 19.7 Å². The average molecular weight is 315 g/mol. The van der Waals surface area contributed by atoms with E-state index in [2.05, 4.69) is 44.8 Å². The average Bonchev–Trinajstić information content (AvgIpc) is 2.78. The van der Waals surface area contributed by atoms with Crippen LogP contribution < -0.4 is 0 Å². The summed E-state index contributed by atoms with van der Waals surface area (Å²) in [5.74, 6) is 1.94. The minimum atomic E-state index is 0.394. The number of hydrogen-bond donors (Lipinski definition) is 0. The second kappa shape index (κ2) is 6.66. The first kappa shape index (κ1) is 14.0. The molecule has 0 saturated carbocycles. The molecule has 0 bridgehead atoms. The van der Waals surface area contributed by atoms with Crippen LogP contribution in [0.4, 0.5) is 0 Å². The van der Waals surface area contributed by atoms with Gasteiger partial charge in [-0.25, -0.2) is 9.67 Å². The van der Waals surface area contributed by atoms with Crippen molar-refractivity contribution in [3.8, 4) is 0 Å². The molecule has 1 aromatic heterocycles. The predicted octanol–water partition coefficient (Wildman–Crippen LogP) is 2.86. The van der Waals surface area contributed by atoms with Crippen LogP contribution in [-0.2, 0) is 6.54 Å². The van der Waals surface area contributed by atoms with Crippen molar-refractivity contribution in [2.45, 2.75) is 45.7 Å². The molecular formula is C13H23BrN4. The third-order valence-corrected chi connectivity index (χ3v) is 4.08. The third kappa shape index (κ3) is 3.54. The van der Waals surface area contributed by atoms with E-state index in [0.29, 0.717) is 6.04 Å². The number of hydrogen-bond acceptors (Lipinski definition) is 3. The van der Waals surface area contributed by atoms with E-state index in [1.54, 1.807) is 6.33 Å². The number of alkyl halides is 1. The lowest BCUT2D eigenvalue weighted by atomic mass is 9.96. The van der Waals surface area contributed by atoms with Crippen LogP contribution in [0.25, 0.3) is 0 Å². The topological polar surface area (TPSA) is 34.0 Å². The first-order valence-electron chi connectivity index (χ1n) is 6.87. The minimum Gasteiger partial charge on any atom is -0.296 e. The van der Waals surface area contributed by atoms with Gasteiger partial charge in [0.15, 0.2) is 0 Å². The summed E-state index contributed by atoms with van der Waals surface area (Å²) in [7, 11) is 0. The number of rotatable bonds is 5. The van der Waals surface area contributed by atoms with Crippen molar-refractivity contribution in [1.29, 1.82) is 0 Å². The second-order valence-electron chi connectivity index (χ2n) is 5.44. The Morgan fingerprint density at radius 3 is 3.06 bits per heavy atom. The van der Waals surface area contributed by atoms with Crippen LogP contribution in [0.3, 0.4) is 0 Å². The van der Waals surface area contributed by atoms with Gasteiger partial charge < -0.3 is 0 Å². The van der Waals surface area contributed by atoms with E-state index in [1.165, 1.54) is 32.4 Å². The zero-order valence-electron chi connectivity index (χ0n) is 11.3. The Kier molecular flexibility index (Phi) is 5.18. The summed E-state index contributed by atoms with van der Waals surface area (Å²) < 4.78 is 2.04. The number of aromatic nitrogens is 3. The molecule has 1 aliphatic rings. The van der Waals surface area contributed by atoms with E-state index in [1.807, 2.05) is 4.68 Å². The normalized spacial score (nSPS) is 21.7. The molecule has 0 aliphatic carbocycles. The van der Waals surface area contributed by atoms with Gasteiger partial charge in [-0.15, -0.1) is 0 Å². The molecule has 0 amide bonds. The molecule has 0 N–H and O–H groups in total. The summed E-state index contributed by atoms with van der Waals surface area (Å²) >= 11 is 3.55. The largest absolute Gasteiger partial charge is 0.296 e. The fourth-order valence-electron chi connectivity index (χ4n) is 2.70. The second-order valence-corrected chi connectivity index (χ2v) is 6.23. The summed E-state index contributed by atoms with van der Waals surface area (Å²) in [6, 6.07) is 0.394. The van der Waals surface area contributed by atoms with Crippen molar-refractivity contribution in [2.75, 3.05) is 18.4 Å². The van der Waals surface area contributed by atoms with Gasteiger partial charge in [0.2, 0.25) is 0 Å². The van der Waals surface area contributed by atoms with Gasteiger partial charge in [0.25, 0.3) is 0 Å². The molecule has 2 rings (SSSR count). The molecule has 5 heteroatoms. The van der Waals surface area contributed by atoms with E-state index >= 15 is 0 Å². The van der Waals surface area contributed by atoms with Crippen LogP contribution in [0.5, 0.6) is 0 Å². The smallest absolute Gasteiger partial charge is 0.141 e. The highest BCUT2D eigenvalue weighted by Crippen LogP contribution is 2.21. The Bertz CT molecular complexity index is 362. The molecule has 0 aromatic carbocycles. The highest BCUT2D eigenvalue weighted by Gasteiger charge is 2.21. The Balaban J connectivity index is 1.94. The molecule has 1 saturated heterocycles. The first-order chi connectivity index (χ1) is 8.70. The zero-order chi connectivity index (χ0) is 13.0. The van der Waals surface area contributed by atoms with Gasteiger partial charge in [0, 0.05) is 17.9 Å². The maximum atomic E-state index is 4.40. The Hall–Kier alpha value is -0.420. The molecule has 1 fully saturated rings. The van der Waals surface area contributed by atoms with Crippen molar-refractivity contribution < 1.29 is 0 Å². The van der Waals surface area contributed by atoms with Crippen molar-refractivity contribution in [2.24, 2.45) is 5.92 Å². The quantitative estimate of drug-likeness (QED) is 0.784. The Labute approximate surface area is 118 Å². The van der Waals surface area contributed by atoms with E-state index < -0.39 is 0 Å². The Morgan fingerprint density at radius 2 is 2.33 bits per heavy atom. The monoisotopic (exact) mass is 314 g/mol. The maximum absolute atomic E-state index is 4.40. The fourth-order valence-corrected chi connectivity index (χ4v) is 3.35. The predicted molar refractivity (Wildman–Crippen MR) is 76.8 cm³/mol. The molecule has 1 aromatic rings. The number of nitrogens with zero attached hydrogens (tertiary/aromatic N) is 4. The highest BCUT2D eigenvalue weighted by atomic mass is 79.9. The van der Waals surface area contributed by atoms with Gasteiger partial charge in [-0.05, 0) is 45.6 Å². The number of likely N-dealkylation sites (tertiary alicyclic amines) is 1. The number of piperidine rings is 1. The van der Waals surface area contributed by atoms with E-state index in [-0.39, 0.29) is 0 Å². The van der Waals surface area contributed by atoms with Crippen LogP contribution in [0.1, 0.15) is 45.0 Å². The molecular weight excluding hydrogens is 292 g/mol. The van der Waals surface area contributed by atoms with E-state index in [0.717, 1.165) is 23.6 Å². The lowest BCUT2D eigenvalue weighted by molar-refractivity contribution is 0.159. The molecule has 0 spiro atoms. The van der Waals surface area contributed by atoms with Crippen LogP contribution >= 0.6 is 15.9 Å². The molecule has 1 atom stereocenters. The first-order valence-corrected chi connectivity index (χ1v) is 7.99. The molecule has 1 aliphatic heterocycles.